The minimum absolute atomic E-state index is 0.0508. The summed E-state index contributed by atoms with van der Waals surface area (Å²) in [6, 6.07) is 15.9. The molecule has 0 aliphatic heterocycles. The van der Waals surface area contributed by atoms with Gasteiger partial charge in [-0.3, -0.25) is 4.79 Å². The summed E-state index contributed by atoms with van der Waals surface area (Å²) in [7, 11) is 0. The van der Waals surface area contributed by atoms with Crippen molar-refractivity contribution in [3.63, 3.8) is 0 Å². The molecule has 0 spiro atoms. The molecule has 2 aromatic carbocycles. The normalized spacial score (nSPS) is 11.7. The molecule has 0 saturated carbocycles. The molecule has 2 rings (SSSR count). The van der Waals surface area contributed by atoms with Gasteiger partial charge >= 0.3 is 0 Å². The zero-order valence-corrected chi connectivity index (χ0v) is 16.5. The number of amides is 1. The number of thioether (sulfide) groups is 1. The lowest BCUT2D eigenvalue weighted by atomic mass is 10.1. The number of rotatable bonds is 10. The lowest BCUT2D eigenvalue weighted by Crippen LogP contribution is -2.32. The fourth-order valence-electron chi connectivity index (χ4n) is 2.48. The SMILES string of the molecule is CCOc1ccc(CCNC(=O)C(C)Sc2ccccc2)cc1OCC. The maximum atomic E-state index is 12.3. The van der Waals surface area contributed by atoms with Gasteiger partial charge in [0.2, 0.25) is 5.91 Å². The van der Waals surface area contributed by atoms with E-state index in [1.165, 1.54) is 0 Å². The standard InChI is InChI=1S/C21H27NO3S/c1-4-24-19-12-11-17(15-20(19)25-5-2)13-14-22-21(23)16(3)26-18-9-7-6-8-10-18/h6-12,15-16H,4-5,13-14H2,1-3H3,(H,22,23). The van der Waals surface area contributed by atoms with E-state index in [9.17, 15) is 4.79 Å². The molecule has 140 valence electrons. The molecular formula is C21H27NO3S. The van der Waals surface area contributed by atoms with Crippen molar-refractivity contribution in [2.75, 3.05) is 19.8 Å². The molecular weight excluding hydrogens is 346 g/mol. The van der Waals surface area contributed by atoms with E-state index >= 15 is 0 Å². The molecule has 1 amide bonds. The van der Waals surface area contributed by atoms with Gasteiger partial charge in [-0.15, -0.1) is 11.8 Å². The Bertz CT molecular complexity index is 691. The second kappa shape index (κ2) is 10.8. The Hall–Kier alpha value is -2.14. The molecule has 0 aliphatic carbocycles. The van der Waals surface area contributed by atoms with Crippen LogP contribution in [0.2, 0.25) is 0 Å². The van der Waals surface area contributed by atoms with Gasteiger partial charge in [0.1, 0.15) is 0 Å². The smallest absolute Gasteiger partial charge is 0.233 e. The van der Waals surface area contributed by atoms with Crippen molar-refractivity contribution in [2.24, 2.45) is 0 Å². The van der Waals surface area contributed by atoms with Gasteiger partial charge in [-0.2, -0.15) is 0 Å². The number of hydrogen-bond acceptors (Lipinski definition) is 4. The molecule has 0 aliphatic rings. The highest BCUT2D eigenvalue weighted by molar-refractivity contribution is 8.00. The van der Waals surface area contributed by atoms with Crippen LogP contribution in [0.4, 0.5) is 0 Å². The van der Waals surface area contributed by atoms with Gasteiger partial charge in [-0.1, -0.05) is 24.3 Å². The Balaban J connectivity index is 1.84. The molecule has 0 heterocycles. The van der Waals surface area contributed by atoms with Crippen molar-refractivity contribution in [3.05, 3.63) is 54.1 Å². The Kier molecular flexibility index (Phi) is 8.35. The van der Waals surface area contributed by atoms with Crippen molar-refractivity contribution < 1.29 is 14.3 Å². The largest absolute Gasteiger partial charge is 0.490 e. The first kappa shape index (κ1) is 20.2. The fourth-order valence-corrected chi connectivity index (χ4v) is 3.39. The van der Waals surface area contributed by atoms with Crippen molar-refractivity contribution in [1.82, 2.24) is 5.32 Å². The van der Waals surface area contributed by atoms with Gasteiger partial charge in [0.25, 0.3) is 0 Å². The van der Waals surface area contributed by atoms with E-state index in [1.54, 1.807) is 11.8 Å². The number of benzene rings is 2. The highest BCUT2D eigenvalue weighted by Gasteiger charge is 2.14. The second-order valence-electron chi connectivity index (χ2n) is 5.76. The summed E-state index contributed by atoms with van der Waals surface area (Å²) in [5.41, 5.74) is 1.11. The molecule has 0 aromatic heterocycles. The highest BCUT2D eigenvalue weighted by Crippen LogP contribution is 2.28. The molecule has 1 N–H and O–H groups in total. The molecule has 0 saturated heterocycles. The Morgan fingerprint density at radius 1 is 1.04 bits per heavy atom. The zero-order valence-electron chi connectivity index (χ0n) is 15.7. The lowest BCUT2D eigenvalue weighted by Gasteiger charge is -2.14. The van der Waals surface area contributed by atoms with Gasteiger partial charge in [-0.05, 0) is 57.0 Å². The molecule has 1 unspecified atom stereocenters. The van der Waals surface area contributed by atoms with Crippen molar-refractivity contribution >= 4 is 17.7 Å². The summed E-state index contributed by atoms with van der Waals surface area (Å²) in [5.74, 6) is 1.57. The van der Waals surface area contributed by atoms with Crippen LogP contribution in [0.15, 0.2) is 53.4 Å². The molecule has 2 aromatic rings. The van der Waals surface area contributed by atoms with Crippen LogP contribution in [0.1, 0.15) is 26.3 Å². The zero-order chi connectivity index (χ0) is 18.8. The van der Waals surface area contributed by atoms with Gasteiger partial charge < -0.3 is 14.8 Å². The van der Waals surface area contributed by atoms with Crippen LogP contribution in [0.5, 0.6) is 11.5 Å². The average Bonchev–Trinajstić information content (AvgIpc) is 2.65. The summed E-state index contributed by atoms with van der Waals surface area (Å²) >= 11 is 1.57. The van der Waals surface area contributed by atoms with Crippen LogP contribution in [-0.4, -0.2) is 30.9 Å². The van der Waals surface area contributed by atoms with Crippen molar-refractivity contribution in [3.8, 4) is 11.5 Å². The number of nitrogens with one attached hydrogen (secondary N) is 1. The van der Waals surface area contributed by atoms with Gasteiger partial charge in [-0.25, -0.2) is 0 Å². The van der Waals surface area contributed by atoms with Crippen LogP contribution < -0.4 is 14.8 Å². The van der Waals surface area contributed by atoms with Crippen LogP contribution in [0, 0.1) is 0 Å². The van der Waals surface area contributed by atoms with E-state index in [4.69, 9.17) is 9.47 Å². The third-order valence-electron chi connectivity index (χ3n) is 3.75. The monoisotopic (exact) mass is 373 g/mol. The molecule has 1 atom stereocenters. The minimum atomic E-state index is -0.128. The lowest BCUT2D eigenvalue weighted by molar-refractivity contribution is -0.120. The van der Waals surface area contributed by atoms with E-state index in [0.29, 0.717) is 19.8 Å². The maximum absolute atomic E-state index is 12.3. The first-order valence-corrected chi connectivity index (χ1v) is 9.90. The van der Waals surface area contributed by atoms with E-state index in [1.807, 2.05) is 69.3 Å². The first-order valence-electron chi connectivity index (χ1n) is 9.02. The highest BCUT2D eigenvalue weighted by atomic mass is 32.2. The minimum Gasteiger partial charge on any atom is -0.490 e. The summed E-state index contributed by atoms with van der Waals surface area (Å²) < 4.78 is 11.2. The number of carbonyl (C=O) groups is 1. The summed E-state index contributed by atoms with van der Waals surface area (Å²) in [4.78, 5) is 13.4. The Labute approximate surface area is 160 Å². The third kappa shape index (κ3) is 6.30. The van der Waals surface area contributed by atoms with Crippen molar-refractivity contribution in [1.29, 1.82) is 0 Å². The van der Waals surface area contributed by atoms with E-state index in [2.05, 4.69) is 5.32 Å². The average molecular weight is 374 g/mol. The number of hydrogen-bond donors (Lipinski definition) is 1. The van der Waals surface area contributed by atoms with Gasteiger partial charge in [0, 0.05) is 11.4 Å². The second-order valence-corrected chi connectivity index (χ2v) is 7.18. The predicted octanol–water partition coefficient (Wildman–Crippen LogP) is 4.32. The van der Waals surface area contributed by atoms with Crippen LogP contribution in [0.25, 0.3) is 0 Å². The van der Waals surface area contributed by atoms with E-state index in [0.717, 1.165) is 28.4 Å². The first-order chi connectivity index (χ1) is 12.6. The summed E-state index contributed by atoms with van der Waals surface area (Å²) in [5, 5.41) is 2.88. The van der Waals surface area contributed by atoms with Crippen LogP contribution >= 0.6 is 11.8 Å². The van der Waals surface area contributed by atoms with Crippen LogP contribution in [0.3, 0.4) is 0 Å². The van der Waals surface area contributed by atoms with Crippen LogP contribution in [-0.2, 0) is 11.2 Å². The molecule has 5 heteroatoms. The third-order valence-corrected chi connectivity index (χ3v) is 4.86. The van der Waals surface area contributed by atoms with E-state index < -0.39 is 0 Å². The molecule has 4 nitrogen and oxygen atoms in total. The molecule has 26 heavy (non-hydrogen) atoms. The van der Waals surface area contributed by atoms with Gasteiger partial charge in [0.15, 0.2) is 11.5 Å². The van der Waals surface area contributed by atoms with Gasteiger partial charge in [0.05, 0.1) is 18.5 Å². The number of carbonyl (C=O) groups excluding carboxylic acids is 1. The molecule has 0 radical (unpaired) electrons. The molecule has 0 fully saturated rings. The summed E-state index contributed by atoms with van der Waals surface area (Å²) in [6.45, 7) is 7.62. The fraction of sp³-hybridized carbons (Fsp3) is 0.381. The maximum Gasteiger partial charge on any atom is 0.233 e. The Morgan fingerprint density at radius 3 is 2.42 bits per heavy atom. The Morgan fingerprint density at radius 2 is 1.73 bits per heavy atom. The summed E-state index contributed by atoms with van der Waals surface area (Å²) in [6.07, 6.45) is 0.751. The predicted molar refractivity (Wildman–Crippen MR) is 107 cm³/mol. The quantitative estimate of drug-likeness (QED) is 0.630. The van der Waals surface area contributed by atoms with Crippen molar-refractivity contribution in [2.45, 2.75) is 37.3 Å². The number of ether oxygens (including phenoxy) is 2. The molecule has 0 bridgehead atoms. The topological polar surface area (TPSA) is 47.6 Å². The van der Waals surface area contributed by atoms with E-state index in [-0.39, 0.29) is 11.2 Å².